The van der Waals surface area contributed by atoms with Crippen LogP contribution in [0.15, 0.2) is 0 Å². The molecule has 19 heavy (non-hydrogen) atoms. The molecule has 3 rings (SSSR count). The predicted molar refractivity (Wildman–Crippen MR) is 69.4 cm³/mol. The van der Waals surface area contributed by atoms with Crippen LogP contribution in [0.4, 0.5) is 4.79 Å². The number of β-amino-alcohol motifs (C(OH)–C–C–N with tert-alkyl or cyclic N) is 1. The number of urea groups is 1. The Bertz CT molecular complexity index is 413. The molecule has 1 heterocycles. The lowest BCUT2D eigenvalue weighted by Crippen LogP contribution is -2.49. The quantitative estimate of drug-likeness (QED) is 0.759. The summed E-state index contributed by atoms with van der Waals surface area (Å²) in [6, 6.07) is -0.335. The molecule has 0 bridgehead atoms. The number of nitrogens with zero attached hydrogens (tertiary/aromatic N) is 1. The second-order valence-corrected chi connectivity index (χ2v) is 6.58. The van der Waals surface area contributed by atoms with Crippen molar-refractivity contribution in [3.05, 3.63) is 0 Å². The van der Waals surface area contributed by atoms with E-state index in [0.717, 1.165) is 32.1 Å². The van der Waals surface area contributed by atoms with Gasteiger partial charge in [0.05, 0.1) is 12.1 Å². The normalized spacial score (nSPS) is 34.5. The summed E-state index contributed by atoms with van der Waals surface area (Å²) >= 11 is 0. The maximum absolute atomic E-state index is 12.5. The van der Waals surface area contributed by atoms with Crippen molar-refractivity contribution in [1.82, 2.24) is 10.2 Å². The van der Waals surface area contributed by atoms with Gasteiger partial charge in [-0.05, 0) is 38.5 Å². The predicted octanol–water partition coefficient (Wildman–Crippen LogP) is 1.40. The van der Waals surface area contributed by atoms with Crippen LogP contribution in [0, 0.1) is 5.92 Å². The van der Waals surface area contributed by atoms with Gasteiger partial charge in [0, 0.05) is 0 Å². The molecule has 0 aromatic rings. The summed E-state index contributed by atoms with van der Waals surface area (Å²) in [6.07, 6.45) is 6.44. The van der Waals surface area contributed by atoms with Crippen molar-refractivity contribution in [2.24, 2.45) is 5.92 Å². The summed E-state index contributed by atoms with van der Waals surface area (Å²) in [6.45, 7) is 1.97. The van der Waals surface area contributed by atoms with E-state index in [-0.39, 0.29) is 24.4 Å². The minimum absolute atomic E-state index is 0.153. The SMILES string of the molecule is CC1(C2CC2)NC(=O)N(CC2(O)CCCCC2)C1=O. The van der Waals surface area contributed by atoms with Gasteiger partial charge in [-0.3, -0.25) is 9.69 Å². The van der Waals surface area contributed by atoms with Crippen molar-refractivity contribution >= 4 is 11.9 Å². The zero-order chi connectivity index (χ0) is 13.7. The van der Waals surface area contributed by atoms with E-state index >= 15 is 0 Å². The van der Waals surface area contributed by atoms with E-state index in [1.165, 1.54) is 4.90 Å². The fourth-order valence-corrected chi connectivity index (χ4v) is 3.46. The first-order chi connectivity index (χ1) is 8.95. The number of hydrogen-bond acceptors (Lipinski definition) is 3. The molecule has 1 aliphatic heterocycles. The first-order valence-electron chi connectivity index (χ1n) is 7.31. The molecule has 0 aromatic heterocycles. The zero-order valence-electron chi connectivity index (χ0n) is 11.4. The highest BCUT2D eigenvalue weighted by molar-refractivity contribution is 6.07. The molecule has 0 aromatic carbocycles. The molecule has 2 saturated carbocycles. The lowest BCUT2D eigenvalue weighted by Gasteiger charge is -2.34. The average Bonchev–Trinajstić information content (AvgIpc) is 3.17. The van der Waals surface area contributed by atoms with Crippen LogP contribution in [0.1, 0.15) is 51.9 Å². The standard InChI is InChI=1S/C14H22N2O3/c1-13(10-5-6-10)11(17)16(12(18)15-13)9-14(19)7-3-2-4-8-14/h10,19H,2-9H2,1H3,(H,15,18). The molecule has 1 saturated heterocycles. The third-order valence-electron chi connectivity index (χ3n) is 4.93. The van der Waals surface area contributed by atoms with E-state index in [9.17, 15) is 14.7 Å². The number of aliphatic hydroxyl groups is 1. The lowest BCUT2D eigenvalue weighted by molar-refractivity contribution is -0.134. The minimum atomic E-state index is -0.875. The van der Waals surface area contributed by atoms with Gasteiger partial charge >= 0.3 is 6.03 Å². The molecule has 1 atom stereocenters. The van der Waals surface area contributed by atoms with Crippen LogP contribution in [-0.2, 0) is 4.79 Å². The molecular weight excluding hydrogens is 244 g/mol. The van der Waals surface area contributed by atoms with Gasteiger partial charge < -0.3 is 10.4 Å². The molecule has 0 spiro atoms. The largest absolute Gasteiger partial charge is 0.388 e. The van der Waals surface area contributed by atoms with Crippen LogP contribution in [0.3, 0.4) is 0 Å². The number of carbonyl (C=O) groups excluding carboxylic acids is 2. The summed E-state index contributed by atoms with van der Waals surface area (Å²) in [7, 11) is 0. The van der Waals surface area contributed by atoms with Gasteiger partial charge in [0.15, 0.2) is 0 Å². The van der Waals surface area contributed by atoms with Crippen LogP contribution < -0.4 is 5.32 Å². The number of carbonyl (C=O) groups is 2. The second-order valence-electron chi connectivity index (χ2n) is 6.58. The Kier molecular flexibility index (Phi) is 2.85. The highest BCUT2D eigenvalue weighted by Crippen LogP contribution is 2.43. The molecule has 3 aliphatic rings. The lowest BCUT2D eigenvalue weighted by atomic mass is 9.84. The molecule has 5 heteroatoms. The maximum atomic E-state index is 12.5. The van der Waals surface area contributed by atoms with Crippen LogP contribution in [0.5, 0.6) is 0 Å². The number of hydrogen-bond donors (Lipinski definition) is 2. The van der Waals surface area contributed by atoms with E-state index < -0.39 is 11.1 Å². The number of nitrogens with one attached hydrogen (secondary N) is 1. The molecule has 2 aliphatic carbocycles. The first-order valence-corrected chi connectivity index (χ1v) is 7.31. The molecule has 106 valence electrons. The monoisotopic (exact) mass is 266 g/mol. The fraction of sp³-hybridized carbons (Fsp3) is 0.857. The average molecular weight is 266 g/mol. The summed E-state index contributed by atoms with van der Waals surface area (Å²) in [5.41, 5.74) is -1.61. The van der Waals surface area contributed by atoms with Crippen molar-refractivity contribution in [2.45, 2.75) is 63.0 Å². The van der Waals surface area contributed by atoms with E-state index in [1.54, 1.807) is 0 Å². The van der Waals surface area contributed by atoms with E-state index in [1.807, 2.05) is 6.92 Å². The Balaban J connectivity index is 1.74. The molecule has 3 fully saturated rings. The molecule has 3 amide bonds. The van der Waals surface area contributed by atoms with E-state index in [2.05, 4.69) is 5.32 Å². The number of rotatable bonds is 3. The Hall–Kier alpha value is -1.10. The van der Waals surface area contributed by atoms with Crippen LogP contribution >= 0.6 is 0 Å². The zero-order valence-corrected chi connectivity index (χ0v) is 11.4. The molecule has 5 nitrogen and oxygen atoms in total. The van der Waals surface area contributed by atoms with Crippen LogP contribution in [0.2, 0.25) is 0 Å². The van der Waals surface area contributed by atoms with Crippen molar-refractivity contribution in [1.29, 1.82) is 0 Å². The maximum Gasteiger partial charge on any atom is 0.325 e. The summed E-state index contributed by atoms with van der Waals surface area (Å²) in [5.74, 6) is 0.119. The summed E-state index contributed by atoms with van der Waals surface area (Å²) in [4.78, 5) is 25.7. The van der Waals surface area contributed by atoms with Crippen molar-refractivity contribution in [3.8, 4) is 0 Å². The van der Waals surface area contributed by atoms with Gasteiger partial charge in [-0.15, -0.1) is 0 Å². The van der Waals surface area contributed by atoms with E-state index in [4.69, 9.17) is 0 Å². The van der Waals surface area contributed by atoms with E-state index in [0.29, 0.717) is 12.8 Å². The van der Waals surface area contributed by atoms with Crippen molar-refractivity contribution in [3.63, 3.8) is 0 Å². The summed E-state index contributed by atoms with van der Waals surface area (Å²) in [5, 5.41) is 13.3. The fourth-order valence-electron chi connectivity index (χ4n) is 3.46. The van der Waals surface area contributed by atoms with Crippen LogP contribution in [-0.4, -0.2) is 39.6 Å². The third kappa shape index (κ3) is 2.14. The summed E-state index contributed by atoms with van der Waals surface area (Å²) < 4.78 is 0. The van der Waals surface area contributed by atoms with Crippen molar-refractivity contribution in [2.75, 3.05) is 6.54 Å². The Morgan fingerprint density at radius 1 is 1.26 bits per heavy atom. The number of imide groups is 1. The van der Waals surface area contributed by atoms with Gasteiger partial charge in [-0.2, -0.15) is 0 Å². The van der Waals surface area contributed by atoms with Gasteiger partial charge in [0.25, 0.3) is 5.91 Å². The molecule has 2 N–H and O–H groups in total. The molecule has 1 unspecified atom stereocenters. The van der Waals surface area contributed by atoms with Gasteiger partial charge in [-0.25, -0.2) is 4.79 Å². The van der Waals surface area contributed by atoms with Gasteiger partial charge in [0.1, 0.15) is 5.54 Å². The molecule has 0 radical (unpaired) electrons. The third-order valence-corrected chi connectivity index (χ3v) is 4.93. The highest BCUT2D eigenvalue weighted by Gasteiger charge is 2.56. The van der Waals surface area contributed by atoms with Gasteiger partial charge in [0.2, 0.25) is 0 Å². The number of amides is 3. The minimum Gasteiger partial charge on any atom is -0.388 e. The Labute approximate surface area is 113 Å². The molecular formula is C14H22N2O3. The topological polar surface area (TPSA) is 69.6 Å². The van der Waals surface area contributed by atoms with Crippen LogP contribution in [0.25, 0.3) is 0 Å². The Morgan fingerprint density at radius 2 is 1.89 bits per heavy atom. The smallest absolute Gasteiger partial charge is 0.325 e. The van der Waals surface area contributed by atoms with Crippen molar-refractivity contribution < 1.29 is 14.7 Å². The first kappa shape index (κ1) is 12.9. The van der Waals surface area contributed by atoms with Gasteiger partial charge in [-0.1, -0.05) is 19.3 Å². The highest BCUT2D eigenvalue weighted by atomic mass is 16.3. The second kappa shape index (κ2) is 4.20. The Morgan fingerprint density at radius 3 is 2.47 bits per heavy atom.